The van der Waals surface area contributed by atoms with Gasteiger partial charge in [-0.2, -0.15) is 0 Å². The fourth-order valence-electron chi connectivity index (χ4n) is 8.49. The zero-order valence-corrected chi connectivity index (χ0v) is 41.6. The minimum absolute atomic E-state index is 0.00353. The molecule has 0 radical (unpaired) electrons. The van der Waals surface area contributed by atoms with Crippen molar-refractivity contribution in [2.45, 2.75) is 24.4 Å². The molecule has 2 aliphatic heterocycles. The van der Waals surface area contributed by atoms with E-state index in [-0.39, 0.29) is 151 Å². The number of carbonyl (C=O) groups excluding carboxylic acids is 6. The molecule has 2 fully saturated rings. The van der Waals surface area contributed by atoms with Crippen LogP contribution in [-0.2, 0) is 38.2 Å². The standard InChI is InChI=1S/C44H83N9O20/c54-28-37(29-55)72-32-34(33-73-38(30-56)31-57)17-53(20-35(58)18-45-1-5-47(22-39(60)61)9-13-51(26-43(68)69)14-10-48(6-2-45)23-40(62)63)21-36(59)19-46-3-7-49(24-41(64)65)11-15-52(27-44(70)71)16-12-50(8-4-46)25-42(66)67/h34-38,54-59H,1-33H2,(H,60,61)(H,62,63)(H,64,65)(H,66,67)(H,68,69)(H,70,71)/p-6. The van der Waals surface area contributed by atoms with E-state index in [0.717, 1.165) is 0 Å². The average molecular weight is 1050 g/mol. The fourth-order valence-corrected chi connectivity index (χ4v) is 8.49. The Morgan fingerprint density at radius 3 is 0.767 bits per heavy atom. The third-order valence-corrected chi connectivity index (χ3v) is 12.3. The van der Waals surface area contributed by atoms with Gasteiger partial charge in [0.1, 0.15) is 12.2 Å². The number of ether oxygens (including phenoxy) is 2. The average Bonchev–Trinajstić information content (AvgIpc) is 3.30. The van der Waals surface area contributed by atoms with E-state index in [9.17, 15) is 90.0 Å². The number of rotatable bonds is 32. The normalized spacial score (nSPS) is 19.3. The number of aliphatic hydroxyl groups is 6. The maximum atomic E-state index is 11.9. The highest BCUT2D eigenvalue weighted by molar-refractivity contribution is 5.68. The lowest BCUT2D eigenvalue weighted by Gasteiger charge is -2.37. The van der Waals surface area contributed by atoms with Crippen LogP contribution in [0.25, 0.3) is 0 Å². The van der Waals surface area contributed by atoms with Gasteiger partial charge in [-0.05, 0) is 0 Å². The topological polar surface area (TPSA) is 410 Å². The second-order valence-electron chi connectivity index (χ2n) is 18.5. The van der Waals surface area contributed by atoms with Crippen LogP contribution in [0, 0.1) is 5.92 Å². The number of nitrogens with zero attached hydrogens (tertiary/aromatic N) is 9. The van der Waals surface area contributed by atoms with Crippen LogP contribution >= 0.6 is 0 Å². The Bertz CT molecular complexity index is 1430. The first kappa shape index (κ1) is 65.3. The van der Waals surface area contributed by atoms with Crippen molar-refractivity contribution in [2.24, 2.45) is 5.92 Å². The van der Waals surface area contributed by atoms with Gasteiger partial charge in [-0.3, -0.25) is 44.1 Å². The van der Waals surface area contributed by atoms with Crippen LogP contribution in [0.15, 0.2) is 0 Å². The first-order chi connectivity index (χ1) is 34.7. The Morgan fingerprint density at radius 1 is 0.370 bits per heavy atom. The van der Waals surface area contributed by atoms with E-state index in [2.05, 4.69) is 0 Å². The summed E-state index contributed by atoms with van der Waals surface area (Å²) in [5.41, 5.74) is 0. The quantitative estimate of drug-likeness (QED) is 0.0364. The predicted octanol–water partition coefficient (Wildman–Crippen LogP) is -15.7. The van der Waals surface area contributed by atoms with Gasteiger partial charge in [0, 0.05) is 183 Å². The highest BCUT2D eigenvalue weighted by Crippen LogP contribution is 2.12. The molecule has 0 aromatic heterocycles. The van der Waals surface area contributed by atoms with Gasteiger partial charge in [0.25, 0.3) is 0 Å². The van der Waals surface area contributed by atoms with Crippen molar-refractivity contribution in [3.63, 3.8) is 0 Å². The summed E-state index contributed by atoms with van der Waals surface area (Å²) in [7, 11) is 0. The minimum Gasteiger partial charge on any atom is -0.549 e. The molecule has 424 valence electrons. The molecule has 0 amide bonds. The maximum absolute atomic E-state index is 11.9. The highest BCUT2D eigenvalue weighted by Gasteiger charge is 2.27. The van der Waals surface area contributed by atoms with Gasteiger partial charge >= 0.3 is 0 Å². The van der Waals surface area contributed by atoms with Gasteiger partial charge in [0.15, 0.2) is 0 Å². The van der Waals surface area contributed by atoms with Crippen LogP contribution in [0.3, 0.4) is 0 Å². The Balaban J connectivity index is 2.49. The van der Waals surface area contributed by atoms with E-state index in [4.69, 9.17) is 9.47 Å². The van der Waals surface area contributed by atoms with Gasteiger partial charge in [0.2, 0.25) is 0 Å². The summed E-state index contributed by atoms with van der Waals surface area (Å²) < 4.78 is 11.5. The van der Waals surface area contributed by atoms with Crippen LogP contribution in [0.4, 0.5) is 0 Å². The van der Waals surface area contributed by atoms with Gasteiger partial charge in [-0.25, -0.2) is 0 Å². The van der Waals surface area contributed by atoms with Crippen molar-refractivity contribution in [3.05, 3.63) is 0 Å². The molecule has 2 unspecified atom stereocenters. The summed E-state index contributed by atoms with van der Waals surface area (Å²) >= 11 is 0. The molecular formula is C44H77N9O20-6. The maximum Gasteiger partial charge on any atom is 0.104 e. The zero-order valence-electron chi connectivity index (χ0n) is 41.6. The van der Waals surface area contributed by atoms with Gasteiger partial charge in [-0.1, -0.05) is 0 Å². The number of hydrogen-bond acceptors (Lipinski definition) is 29. The van der Waals surface area contributed by atoms with Crippen LogP contribution in [0.5, 0.6) is 0 Å². The second kappa shape index (κ2) is 37.0. The summed E-state index contributed by atoms with van der Waals surface area (Å²) in [4.78, 5) is 84.4. The number of carboxylic acids is 6. The smallest absolute Gasteiger partial charge is 0.104 e. The molecule has 0 aromatic carbocycles. The lowest BCUT2D eigenvalue weighted by molar-refractivity contribution is -0.308. The molecule has 2 atom stereocenters. The molecule has 0 aliphatic carbocycles. The van der Waals surface area contributed by atoms with Crippen LogP contribution in [0.2, 0.25) is 0 Å². The molecule has 29 heteroatoms. The monoisotopic (exact) mass is 1050 g/mol. The molecule has 0 aromatic rings. The highest BCUT2D eigenvalue weighted by atomic mass is 16.5. The van der Waals surface area contributed by atoms with Crippen molar-refractivity contribution >= 4 is 35.8 Å². The molecule has 0 saturated carbocycles. The predicted molar refractivity (Wildman–Crippen MR) is 241 cm³/mol. The zero-order chi connectivity index (χ0) is 54.3. The summed E-state index contributed by atoms with van der Waals surface area (Å²) in [6.07, 6.45) is -4.41. The fraction of sp³-hybridized carbons (Fsp3) is 0.864. The van der Waals surface area contributed by atoms with Crippen LogP contribution in [0.1, 0.15) is 0 Å². The number of aliphatic hydroxyl groups excluding tert-OH is 6. The number of aliphatic carboxylic acids is 6. The van der Waals surface area contributed by atoms with Gasteiger partial charge in [-0.15, -0.1) is 0 Å². The first-order valence-electron chi connectivity index (χ1n) is 24.4. The molecule has 0 spiro atoms. The summed E-state index contributed by atoms with van der Waals surface area (Å²) in [5, 5.41) is 133. The van der Waals surface area contributed by atoms with E-state index in [1.165, 1.54) is 9.80 Å². The largest absolute Gasteiger partial charge is 0.549 e. The molecular weight excluding hydrogens is 975 g/mol. The molecule has 2 saturated heterocycles. The number of hydrogen-bond donors (Lipinski definition) is 6. The third-order valence-electron chi connectivity index (χ3n) is 12.3. The van der Waals surface area contributed by atoms with Gasteiger partial charge < -0.3 is 99.5 Å². The summed E-state index contributed by atoms with van der Waals surface area (Å²) in [5.74, 6) is -8.91. The van der Waals surface area contributed by atoms with Crippen molar-refractivity contribution in [1.82, 2.24) is 44.1 Å². The van der Waals surface area contributed by atoms with E-state index in [0.29, 0.717) is 0 Å². The van der Waals surface area contributed by atoms with E-state index in [1.807, 2.05) is 0 Å². The summed E-state index contributed by atoms with van der Waals surface area (Å²) in [6.45, 7) is -3.96. The lowest BCUT2D eigenvalue weighted by atomic mass is 10.1. The van der Waals surface area contributed by atoms with Crippen LogP contribution in [-0.4, -0.2) is 351 Å². The molecule has 29 nitrogen and oxygen atoms in total. The molecule has 0 bridgehead atoms. The molecule has 6 N–H and O–H groups in total. The minimum atomic E-state index is -1.38. The van der Waals surface area contributed by atoms with E-state index < -0.39 is 132 Å². The lowest BCUT2D eigenvalue weighted by Crippen LogP contribution is -2.53. The number of β-amino-alcohol motifs (C(OH)–C–C–N with tert-alkyl or cyclic N) is 2. The van der Waals surface area contributed by atoms with Crippen molar-refractivity contribution in [1.29, 1.82) is 0 Å². The molecule has 2 aliphatic rings. The van der Waals surface area contributed by atoms with E-state index in [1.54, 1.807) is 34.3 Å². The molecule has 2 heterocycles. The number of carboxylic acid groups (broad SMARTS) is 6. The van der Waals surface area contributed by atoms with Crippen LogP contribution < -0.4 is 30.6 Å². The Kier molecular flexibility index (Phi) is 33.1. The van der Waals surface area contributed by atoms with E-state index >= 15 is 0 Å². The molecule has 73 heavy (non-hydrogen) atoms. The second-order valence-corrected chi connectivity index (χ2v) is 18.5. The summed E-state index contributed by atoms with van der Waals surface area (Å²) in [6, 6.07) is 0. The van der Waals surface area contributed by atoms with Crippen molar-refractivity contribution < 1.29 is 99.5 Å². The Morgan fingerprint density at radius 2 is 0.575 bits per heavy atom. The first-order valence-corrected chi connectivity index (χ1v) is 24.4. The number of carbonyl (C=O) groups is 6. The van der Waals surface area contributed by atoms with Crippen molar-refractivity contribution in [2.75, 3.05) is 216 Å². The SMILES string of the molecule is O=C([O-])CN1CCN(CC(=O)[O-])CCN(CC(O)CN(CC(O)CN2CCN(CC(=O)[O-])CCN(CC(=O)[O-])CCN(CC(=O)[O-])CC2)CC(COC(CO)CO)COC(CO)CO)CCN(CC(=O)[O-])CC1. The third kappa shape index (κ3) is 30.9. The van der Waals surface area contributed by atoms with Crippen molar-refractivity contribution in [3.8, 4) is 0 Å². The van der Waals surface area contributed by atoms with Gasteiger partial charge in [0.05, 0.1) is 87.7 Å². The molecule has 2 rings (SSSR count). The Labute approximate surface area is 425 Å². The Hall–Kier alpha value is -3.86.